The maximum absolute atomic E-state index is 12.7. The first-order valence-corrected chi connectivity index (χ1v) is 9.25. The molecule has 0 unspecified atom stereocenters. The lowest BCUT2D eigenvalue weighted by Crippen LogP contribution is -2.43. The van der Waals surface area contributed by atoms with Gasteiger partial charge in [-0.1, -0.05) is 23.2 Å². The number of nitrogens with one attached hydrogen (secondary N) is 1. The summed E-state index contributed by atoms with van der Waals surface area (Å²) >= 11 is 11.9. The zero-order valence-corrected chi connectivity index (χ0v) is 16.1. The Morgan fingerprint density at radius 3 is 2.56 bits per heavy atom. The van der Waals surface area contributed by atoms with Crippen LogP contribution >= 0.6 is 23.2 Å². The van der Waals surface area contributed by atoms with Crippen molar-refractivity contribution in [2.75, 3.05) is 7.05 Å². The molecule has 1 aromatic heterocycles. The Bertz CT molecular complexity index is 869. The highest BCUT2D eigenvalue weighted by molar-refractivity contribution is 6.31. The summed E-state index contributed by atoms with van der Waals surface area (Å²) in [7, 11) is 1.54. The first-order chi connectivity index (χ1) is 13.0. The van der Waals surface area contributed by atoms with Gasteiger partial charge in [0.2, 0.25) is 11.8 Å². The fourth-order valence-electron chi connectivity index (χ4n) is 2.93. The van der Waals surface area contributed by atoms with Crippen molar-refractivity contribution in [2.24, 2.45) is 0 Å². The number of halogens is 2. The Morgan fingerprint density at radius 2 is 1.96 bits per heavy atom. The minimum atomic E-state index is -0.830. The van der Waals surface area contributed by atoms with Crippen LogP contribution in [-0.4, -0.2) is 39.8 Å². The quantitative estimate of drug-likeness (QED) is 0.749. The van der Waals surface area contributed by atoms with Crippen molar-refractivity contribution in [1.82, 2.24) is 20.2 Å². The van der Waals surface area contributed by atoms with E-state index in [-0.39, 0.29) is 17.9 Å². The second-order valence-corrected chi connectivity index (χ2v) is 6.82. The number of carbonyl (C=O) groups is 2. The fourth-order valence-corrected chi connectivity index (χ4v) is 3.28. The minimum Gasteiger partial charge on any atom is -0.357 e. The SMILES string of the molecule is CNC(=O)[C@@H](c1cc(Cl)cc(-c2ncccn2)c1)N(C(=O)/C=C\Cl)C1CC1. The zero-order valence-electron chi connectivity index (χ0n) is 14.6. The molecule has 1 saturated carbocycles. The van der Waals surface area contributed by atoms with Crippen LogP contribution in [0, 0.1) is 0 Å². The highest BCUT2D eigenvalue weighted by Crippen LogP contribution is 2.37. The van der Waals surface area contributed by atoms with Gasteiger partial charge in [0.05, 0.1) is 0 Å². The van der Waals surface area contributed by atoms with E-state index < -0.39 is 6.04 Å². The Labute approximate surface area is 167 Å². The molecule has 1 aromatic carbocycles. The Balaban J connectivity index is 2.09. The standard InChI is InChI=1S/C19H18Cl2N4O2/c1-22-19(27)17(25(15-3-4-15)16(26)5-6-20)12-9-13(11-14(21)10-12)18-23-7-2-8-24-18/h2,5-11,15,17H,3-4H2,1H3,(H,22,27)/b6-5-/t17-/m1/s1. The molecule has 0 bridgehead atoms. The van der Waals surface area contributed by atoms with Gasteiger partial charge in [0, 0.05) is 47.7 Å². The molecule has 2 amide bonds. The number of rotatable bonds is 6. The van der Waals surface area contributed by atoms with E-state index in [1.165, 1.54) is 13.1 Å². The van der Waals surface area contributed by atoms with Crippen LogP contribution in [0.15, 0.2) is 48.3 Å². The third-order valence-electron chi connectivity index (χ3n) is 4.23. The third kappa shape index (κ3) is 4.46. The highest BCUT2D eigenvalue weighted by Gasteiger charge is 2.40. The monoisotopic (exact) mass is 404 g/mol. The summed E-state index contributed by atoms with van der Waals surface area (Å²) < 4.78 is 0. The van der Waals surface area contributed by atoms with Gasteiger partial charge in [0.1, 0.15) is 6.04 Å². The first kappa shape index (κ1) is 19.3. The molecule has 1 aliphatic rings. The maximum Gasteiger partial charge on any atom is 0.248 e. The maximum atomic E-state index is 12.7. The number of likely N-dealkylation sites (N-methyl/N-ethyl adjacent to an activating group) is 1. The summed E-state index contributed by atoms with van der Waals surface area (Å²) in [5.41, 5.74) is 2.41. The molecule has 6 nitrogen and oxygen atoms in total. The number of aromatic nitrogens is 2. The van der Waals surface area contributed by atoms with Crippen LogP contribution in [0.5, 0.6) is 0 Å². The Hall–Kier alpha value is -2.44. The molecular formula is C19H18Cl2N4O2. The Kier molecular flexibility index (Phi) is 6.08. The van der Waals surface area contributed by atoms with Crippen LogP contribution in [0.4, 0.5) is 0 Å². The average molecular weight is 405 g/mol. The van der Waals surface area contributed by atoms with E-state index in [2.05, 4.69) is 15.3 Å². The topological polar surface area (TPSA) is 75.2 Å². The fraction of sp³-hybridized carbons (Fsp3) is 0.263. The largest absolute Gasteiger partial charge is 0.357 e. The van der Waals surface area contributed by atoms with Crippen LogP contribution < -0.4 is 5.32 Å². The van der Waals surface area contributed by atoms with Crippen molar-refractivity contribution in [3.8, 4) is 11.4 Å². The van der Waals surface area contributed by atoms with Gasteiger partial charge in [-0.2, -0.15) is 0 Å². The lowest BCUT2D eigenvalue weighted by Gasteiger charge is -2.30. The molecule has 27 heavy (non-hydrogen) atoms. The van der Waals surface area contributed by atoms with Gasteiger partial charge in [-0.05, 0) is 42.7 Å². The second-order valence-electron chi connectivity index (χ2n) is 6.13. The Morgan fingerprint density at radius 1 is 1.26 bits per heavy atom. The summed E-state index contributed by atoms with van der Waals surface area (Å²) in [4.78, 5) is 35.4. The van der Waals surface area contributed by atoms with Crippen LogP contribution in [0.25, 0.3) is 11.4 Å². The molecule has 0 radical (unpaired) electrons. The first-order valence-electron chi connectivity index (χ1n) is 8.43. The predicted molar refractivity (Wildman–Crippen MR) is 104 cm³/mol. The normalized spacial score (nSPS) is 14.8. The van der Waals surface area contributed by atoms with Crippen molar-refractivity contribution in [3.05, 3.63) is 58.9 Å². The molecule has 3 rings (SSSR count). The predicted octanol–water partition coefficient (Wildman–Crippen LogP) is 3.33. The van der Waals surface area contributed by atoms with E-state index in [1.54, 1.807) is 41.6 Å². The van der Waals surface area contributed by atoms with Gasteiger partial charge in [0.15, 0.2) is 5.82 Å². The van der Waals surface area contributed by atoms with Crippen molar-refractivity contribution in [3.63, 3.8) is 0 Å². The highest BCUT2D eigenvalue weighted by atomic mass is 35.5. The summed E-state index contributed by atoms with van der Waals surface area (Å²) in [6.07, 6.45) is 6.19. The van der Waals surface area contributed by atoms with Gasteiger partial charge >= 0.3 is 0 Å². The van der Waals surface area contributed by atoms with Crippen molar-refractivity contribution in [1.29, 1.82) is 0 Å². The smallest absolute Gasteiger partial charge is 0.248 e. The molecule has 2 aromatic rings. The zero-order chi connectivity index (χ0) is 19.4. The lowest BCUT2D eigenvalue weighted by atomic mass is 10.0. The van der Waals surface area contributed by atoms with Gasteiger partial charge in [-0.15, -0.1) is 0 Å². The number of amides is 2. The van der Waals surface area contributed by atoms with Gasteiger partial charge in [-0.3, -0.25) is 9.59 Å². The average Bonchev–Trinajstić information content (AvgIpc) is 3.50. The lowest BCUT2D eigenvalue weighted by molar-refractivity contribution is -0.137. The van der Waals surface area contributed by atoms with E-state index in [0.29, 0.717) is 22.0 Å². The molecule has 0 spiro atoms. The molecule has 1 aliphatic carbocycles. The van der Waals surface area contributed by atoms with Gasteiger partial charge in [0.25, 0.3) is 0 Å². The van der Waals surface area contributed by atoms with E-state index in [1.807, 2.05) is 0 Å². The summed E-state index contributed by atoms with van der Waals surface area (Å²) in [5.74, 6) is -0.138. The van der Waals surface area contributed by atoms with Crippen molar-refractivity contribution in [2.45, 2.75) is 24.9 Å². The van der Waals surface area contributed by atoms with Crippen LogP contribution in [-0.2, 0) is 9.59 Å². The molecule has 1 heterocycles. The molecule has 0 aliphatic heterocycles. The van der Waals surface area contributed by atoms with E-state index in [0.717, 1.165) is 18.4 Å². The number of nitrogens with zero attached hydrogens (tertiary/aromatic N) is 3. The molecule has 1 fully saturated rings. The summed E-state index contributed by atoms with van der Waals surface area (Å²) in [6, 6.07) is 6.07. The molecule has 0 saturated heterocycles. The van der Waals surface area contributed by atoms with Crippen LogP contribution in [0.2, 0.25) is 5.02 Å². The van der Waals surface area contributed by atoms with Crippen molar-refractivity contribution >= 4 is 35.0 Å². The number of hydrogen-bond acceptors (Lipinski definition) is 4. The van der Waals surface area contributed by atoms with E-state index in [9.17, 15) is 9.59 Å². The third-order valence-corrected chi connectivity index (χ3v) is 4.58. The van der Waals surface area contributed by atoms with Crippen LogP contribution in [0.3, 0.4) is 0 Å². The number of hydrogen-bond donors (Lipinski definition) is 1. The van der Waals surface area contributed by atoms with Gasteiger partial charge in [-0.25, -0.2) is 9.97 Å². The molecular weight excluding hydrogens is 387 g/mol. The second kappa shape index (κ2) is 8.50. The van der Waals surface area contributed by atoms with E-state index in [4.69, 9.17) is 23.2 Å². The molecule has 1 atom stereocenters. The molecule has 8 heteroatoms. The summed E-state index contributed by atoms with van der Waals surface area (Å²) in [6.45, 7) is 0. The minimum absolute atomic E-state index is 0.0110. The number of carbonyl (C=O) groups excluding carboxylic acids is 2. The molecule has 1 N–H and O–H groups in total. The number of benzene rings is 1. The van der Waals surface area contributed by atoms with Crippen molar-refractivity contribution < 1.29 is 9.59 Å². The van der Waals surface area contributed by atoms with Gasteiger partial charge < -0.3 is 10.2 Å². The van der Waals surface area contributed by atoms with Crippen LogP contribution in [0.1, 0.15) is 24.4 Å². The van der Waals surface area contributed by atoms with E-state index >= 15 is 0 Å². The summed E-state index contributed by atoms with van der Waals surface area (Å²) in [5, 5.41) is 3.07. The molecule has 140 valence electrons.